The Bertz CT molecular complexity index is 727. The summed E-state index contributed by atoms with van der Waals surface area (Å²) in [5.41, 5.74) is 2.99. The Hall–Kier alpha value is -2.49. The molecule has 1 heterocycles. The van der Waals surface area contributed by atoms with Crippen LogP contribution in [0.1, 0.15) is 37.3 Å². The summed E-state index contributed by atoms with van der Waals surface area (Å²) in [6.45, 7) is 5.44. The molecule has 0 radical (unpaired) electrons. The number of hydrogen-bond acceptors (Lipinski definition) is 3. The Balaban J connectivity index is 1.70. The van der Waals surface area contributed by atoms with Gasteiger partial charge in [-0.1, -0.05) is 38.1 Å². The van der Waals surface area contributed by atoms with Gasteiger partial charge in [0.25, 0.3) is 0 Å². The number of rotatable bonds is 5. The first kappa shape index (κ1) is 16.4. The fourth-order valence-electron chi connectivity index (χ4n) is 2.84. The zero-order chi connectivity index (χ0) is 16.9. The summed E-state index contributed by atoms with van der Waals surface area (Å²) in [5, 5.41) is 3.04. The van der Waals surface area contributed by atoms with Gasteiger partial charge in [-0.05, 0) is 41.7 Å². The Morgan fingerprint density at radius 1 is 1.12 bits per heavy atom. The molecule has 0 spiro atoms. The molecule has 4 nitrogen and oxygen atoms in total. The van der Waals surface area contributed by atoms with E-state index in [1.807, 2.05) is 36.4 Å². The smallest absolute Gasteiger partial charge is 0.228 e. The molecular formula is C20H23NO3. The van der Waals surface area contributed by atoms with Crippen LogP contribution < -0.4 is 14.8 Å². The molecule has 0 aliphatic carbocycles. The van der Waals surface area contributed by atoms with Gasteiger partial charge < -0.3 is 14.8 Å². The quantitative estimate of drug-likeness (QED) is 0.898. The molecular weight excluding hydrogens is 302 g/mol. The number of hydrogen-bond donors (Lipinski definition) is 1. The molecule has 24 heavy (non-hydrogen) atoms. The fourth-order valence-corrected chi connectivity index (χ4v) is 2.84. The van der Waals surface area contributed by atoms with Crippen molar-refractivity contribution < 1.29 is 14.3 Å². The first-order valence-electron chi connectivity index (χ1n) is 8.44. The Morgan fingerprint density at radius 2 is 1.88 bits per heavy atom. The number of para-hydroxylation sites is 1. The van der Waals surface area contributed by atoms with Crippen LogP contribution in [0.5, 0.6) is 11.5 Å². The molecule has 1 atom stereocenters. The molecule has 1 amide bonds. The van der Waals surface area contributed by atoms with Gasteiger partial charge in [-0.15, -0.1) is 0 Å². The van der Waals surface area contributed by atoms with Crippen molar-refractivity contribution in [3.63, 3.8) is 0 Å². The van der Waals surface area contributed by atoms with Gasteiger partial charge in [0.1, 0.15) is 13.2 Å². The Kier molecular flexibility index (Phi) is 5.04. The molecule has 0 bridgehead atoms. The Labute approximate surface area is 142 Å². The van der Waals surface area contributed by atoms with E-state index in [9.17, 15) is 4.79 Å². The summed E-state index contributed by atoms with van der Waals surface area (Å²) in [6.07, 6.45) is 1.35. The molecule has 2 aromatic carbocycles. The van der Waals surface area contributed by atoms with E-state index in [0.717, 1.165) is 23.4 Å². The third-order valence-electron chi connectivity index (χ3n) is 4.35. The van der Waals surface area contributed by atoms with Crippen LogP contribution in [0.4, 0.5) is 5.69 Å². The van der Waals surface area contributed by atoms with E-state index in [1.165, 1.54) is 5.56 Å². The van der Waals surface area contributed by atoms with Crippen molar-refractivity contribution in [1.29, 1.82) is 0 Å². The summed E-state index contributed by atoms with van der Waals surface area (Å²) < 4.78 is 11.1. The normalized spacial score (nSPS) is 14.1. The molecule has 0 aromatic heterocycles. The lowest BCUT2D eigenvalue weighted by atomic mass is 9.97. The molecule has 2 aromatic rings. The minimum Gasteiger partial charge on any atom is -0.486 e. The molecule has 4 heteroatoms. The number of anilines is 1. The maximum atomic E-state index is 12.4. The summed E-state index contributed by atoms with van der Waals surface area (Å²) in [4.78, 5) is 12.4. The largest absolute Gasteiger partial charge is 0.486 e. The number of ether oxygens (including phenoxy) is 2. The molecule has 1 aliphatic heterocycles. The van der Waals surface area contributed by atoms with Crippen LogP contribution in [-0.4, -0.2) is 19.1 Å². The second-order valence-electron chi connectivity index (χ2n) is 6.10. The van der Waals surface area contributed by atoms with Gasteiger partial charge in [-0.3, -0.25) is 4.79 Å². The number of carbonyl (C=O) groups is 1. The van der Waals surface area contributed by atoms with Gasteiger partial charge in [-0.2, -0.15) is 0 Å². The van der Waals surface area contributed by atoms with E-state index < -0.39 is 0 Å². The predicted molar refractivity (Wildman–Crippen MR) is 94.9 cm³/mol. The van der Waals surface area contributed by atoms with Crippen LogP contribution in [0.15, 0.2) is 42.5 Å². The zero-order valence-electron chi connectivity index (χ0n) is 14.2. The van der Waals surface area contributed by atoms with E-state index in [0.29, 0.717) is 31.3 Å². The maximum absolute atomic E-state index is 12.4. The van der Waals surface area contributed by atoms with E-state index in [2.05, 4.69) is 25.2 Å². The van der Waals surface area contributed by atoms with Crippen LogP contribution >= 0.6 is 0 Å². The molecule has 1 aliphatic rings. The molecule has 0 unspecified atom stereocenters. The highest BCUT2D eigenvalue weighted by Gasteiger charge is 2.14. The average molecular weight is 325 g/mol. The van der Waals surface area contributed by atoms with Crippen molar-refractivity contribution in [3.8, 4) is 11.5 Å². The standard InChI is InChI=1S/C20H23NO3/c1-3-14(2)16-6-4-5-7-17(16)21-20(22)13-15-8-9-18-19(12-15)24-11-10-23-18/h4-9,12,14H,3,10-11,13H2,1-2H3,(H,21,22)/t14-/m1/s1. The lowest BCUT2D eigenvalue weighted by Crippen LogP contribution is -2.17. The number of amides is 1. The number of benzene rings is 2. The van der Waals surface area contributed by atoms with Crippen molar-refractivity contribution in [2.45, 2.75) is 32.6 Å². The average Bonchev–Trinajstić information content (AvgIpc) is 2.61. The number of fused-ring (bicyclic) bond motifs is 1. The summed E-state index contributed by atoms with van der Waals surface area (Å²) in [7, 11) is 0. The van der Waals surface area contributed by atoms with Crippen LogP contribution in [0.2, 0.25) is 0 Å². The van der Waals surface area contributed by atoms with Crippen LogP contribution in [-0.2, 0) is 11.2 Å². The highest BCUT2D eigenvalue weighted by atomic mass is 16.6. The molecule has 0 saturated heterocycles. The lowest BCUT2D eigenvalue weighted by Gasteiger charge is -2.19. The van der Waals surface area contributed by atoms with Crippen molar-refractivity contribution in [3.05, 3.63) is 53.6 Å². The first-order valence-corrected chi connectivity index (χ1v) is 8.44. The second kappa shape index (κ2) is 7.39. The van der Waals surface area contributed by atoms with Crippen molar-refractivity contribution in [1.82, 2.24) is 0 Å². The van der Waals surface area contributed by atoms with Gasteiger partial charge in [0, 0.05) is 5.69 Å². The third-order valence-corrected chi connectivity index (χ3v) is 4.35. The summed E-state index contributed by atoms with van der Waals surface area (Å²) >= 11 is 0. The van der Waals surface area contributed by atoms with E-state index >= 15 is 0 Å². The van der Waals surface area contributed by atoms with Gasteiger partial charge >= 0.3 is 0 Å². The molecule has 126 valence electrons. The summed E-state index contributed by atoms with van der Waals surface area (Å²) in [5.74, 6) is 1.84. The van der Waals surface area contributed by atoms with Gasteiger partial charge in [-0.25, -0.2) is 0 Å². The topological polar surface area (TPSA) is 47.6 Å². The van der Waals surface area contributed by atoms with Gasteiger partial charge in [0.05, 0.1) is 6.42 Å². The summed E-state index contributed by atoms with van der Waals surface area (Å²) in [6, 6.07) is 13.7. The highest BCUT2D eigenvalue weighted by Crippen LogP contribution is 2.31. The van der Waals surface area contributed by atoms with Gasteiger partial charge in [0.15, 0.2) is 11.5 Å². The van der Waals surface area contributed by atoms with E-state index in [4.69, 9.17) is 9.47 Å². The first-order chi connectivity index (χ1) is 11.7. The minimum atomic E-state index is -0.0255. The fraction of sp³-hybridized carbons (Fsp3) is 0.350. The minimum absolute atomic E-state index is 0.0255. The van der Waals surface area contributed by atoms with Crippen molar-refractivity contribution >= 4 is 11.6 Å². The molecule has 0 saturated carbocycles. The second-order valence-corrected chi connectivity index (χ2v) is 6.10. The van der Waals surface area contributed by atoms with Crippen LogP contribution in [0.3, 0.4) is 0 Å². The maximum Gasteiger partial charge on any atom is 0.228 e. The molecule has 1 N–H and O–H groups in total. The van der Waals surface area contributed by atoms with Gasteiger partial charge in [0.2, 0.25) is 5.91 Å². The number of carbonyl (C=O) groups excluding carboxylic acids is 1. The van der Waals surface area contributed by atoms with Crippen LogP contribution in [0, 0.1) is 0 Å². The van der Waals surface area contributed by atoms with E-state index in [-0.39, 0.29) is 5.91 Å². The van der Waals surface area contributed by atoms with E-state index in [1.54, 1.807) is 0 Å². The SMILES string of the molecule is CC[C@@H](C)c1ccccc1NC(=O)Cc1ccc2c(c1)OCCO2. The number of nitrogens with one attached hydrogen (secondary N) is 1. The Morgan fingerprint density at radius 3 is 2.67 bits per heavy atom. The molecule has 3 rings (SSSR count). The highest BCUT2D eigenvalue weighted by molar-refractivity contribution is 5.93. The van der Waals surface area contributed by atoms with Crippen molar-refractivity contribution in [2.75, 3.05) is 18.5 Å². The predicted octanol–water partition coefficient (Wildman–Crippen LogP) is 4.15. The molecule has 0 fully saturated rings. The van der Waals surface area contributed by atoms with Crippen LogP contribution in [0.25, 0.3) is 0 Å². The van der Waals surface area contributed by atoms with Crippen molar-refractivity contribution in [2.24, 2.45) is 0 Å². The monoisotopic (exact) mass is 325 g/mol. The zero-order valence-corrected chi connectivity index (χ0v) is 14.2. The third kappa shape index (κ3) is 3.70. The lowest BCUT2D eigenvalue weighted by molar-refractivity contribution is -0.115.